The van der Waals surface area contributed by atoms with Gasteiger partial charge in [0.1, 0.15) is 0 Å². The Morgan fingerprint density at radius 3 is 2.07 bits per heavy atom. The van der Waals surface area contributed by atoms with Gasteiger partial charge in [0.05, 0.1) is 0 Å². The Balaban J connectivity index is 2.34. The quantitative estimate of drug-likeness (QED) is 0.494. The molecule has 0 saturated heterocycles. The number of hydrogen-bond donors (Lipinski definition) is 0. The van der Waals surface area contributed by atoms with Crippen molar-refractivity contribution in [1.29, 1.82) is 0 Å². The molecule has 0 spiro atoms. The molecule has 0 heteroatoms. The third-order valence-electron chi connectivity index (χ3n) is 2.10. The van der Waals surface area contributed by atoms with Gasteiger partial charge in [0, 0.05) is 0 Å². The van der Waals surface area contributed by atoms with Crippen molar-refractivity contribution in [3.63, 3.8) is 0 Å². The van der Waals surface area contributed by atoms with Crippen LogP contribution in [0.4, 0.5) is 0 Å². The molecule has 0 aromatic heterocycles. The Bertz CT molecular complexity index is 228. The van der Waals surface area contributed by atoms with Gasteiger partial charge in [-0.3, -0.25) is 0 Å². The maximum atomic E-state index is 2.26. The number of hydrogen-bond acceptors (Lipinski definition) is 0. The Morgan fingerprint density at radius 2 is 1.21 bits per heavy atom. The number of rotatable bonds is 0. The molecule has 1 radical (unpaired) electrons. The van der Waals surface area contributed by atoms with Crippen molar-refractivity contribution >= 4 is 0 Å². The molecule has 1 aliphatic rings. The molecule has 0 unspecified atom stereocenters. The van der Waals surface area contributed by atoms with Crippen LogP contribution in [0.1, 0.15) is 32.1 Å². The van der Waals surface area contributed by atoms with Crippen LogP contribution in [0.25, 0.3) is 0 Å². The Hall–Kier alpha value is -1.04. The minimum Gasteiger partial charge on any atom is -0.0882 e. The van der Waals surface area contributed by atoms with E-state index in [0.29, 0.717) is 0 Å². The zero-order valence-electron chi connectivity index (χ0n) is 8.73. The van der Waals surface area contributed by atoms with Gasteiger partial charge in [-0.15, -0.1) is 0 Å². The van der Waals surface area contributed by atoms with E-state index in [1.54, 1.807) is 0 Å². The lowest BCUT2D eigenvalue weighted by Crippen LogP contribution is -1.71. The van der Waals surface area contributed by atoms with Crippen molar-refractivity contribution in [2.24, 2.45) is 0 Å². The standard InChI is InChI=1S/C14H19/c1-2-4-6-8-10-12-14-13-11-9-7-5-3-1/h1-5,10-13H,6-9,14H2/b2-1+,5-3+,12-10+,13-11+. The van der Waals surface area contributed by atoms with Gasteiger partial charge >= 0.3 is 0 Å². The molecule has 0 amide bonds. The molecule has 0 atom stereocenters. The minimum atomic E-state index is 1.08. The molecule has 75 valence electrons. The van der Waals surface area contributed by atoms with Crippen LogP contribution in [0.15, 0.2) is 48.6 Å². The summed E-state index contributed by atoms with van der Waals surface area (Å²) in [6.45, 7) is 0. The molecule has 0 aromatic rings. The van der Waals surface area contributed by atoms with E-state index < -0.39 is 0 Å². The smallest absolute Gasteiger partial charge is 0.0164 e. The van der Waals surface area contributed by atoms with Gasteiger partial charge in [0.15, 0.2) is 0 Å². The highest BCUT2D eigenvalue weighted by Crippen LogP contribution is 2.01. The van der Waals surface area contributed by atoms with Crippen molar-refractivity contribution < 1.29 is 0 Å². The highest BCUT2D eigenvalue weighted by atomic mass is 13.9. The first-order valence-electron chi connectivity index (χ1n) is 5.45. The lowest BCUT2D eigenvalue weighted by Gasteiger charge is -1.91. The summed E-state index contributed by atoms with van der Waals surface area (Å²) in [5.74, 6) is 0. The molecule has 1 aliphatic carbocycles. The van der Waals surface area contributed by atoms with Gasteiger partial charge in [-0.2, -0.15) is 0 Å². The van der Waals surface area contributed by atoms with Crippen LogP contribution in [-0.2, 0) is 0 Å². The summed E-state index contributed by atoms with van der Waals surface area (Å²) in [4.78, 5) is 0. The van der Waals surface area contributed by atoms with Gasteiger partial charge < -0.3 is 0 Å². The summed E-state index contributed by atoms with van der Waals surface area (Å²) in [5, 5.41) is 0. The van der Waals surface area contributed by atoms with Crippen LogP contribution in [0.2, 0.25) is 0 Å². The fraction of sp³-hybridized carbons (Fsp3) is 0.357. The molecule has 0 aliphatic heterocycles. The molecule has 0 bridgehead atoms. The molecular formula is C14H19. The molecule has 0 fully saturated rings. The van der Waals surface area contributed by atoms with Crippen LogP contribution >= 0.6 is 0 Å². The van der Waals surface area contributed by atoms with Gasteiger partial charge in [-0.05, 0) is 38.5 Å². The van der Waals surface area contributed by atoms with Crippen molar-refractivity contribution in [1.82, 2.24) is 0 Å². The van der Waals surface area contributed by atoms with Gasteiger partial charge in [0.25, 0.3) is 0 Å². The van der Waals surface area contributed by atoms with E-state index in [4.69, 9.17) is 0 Å². The van der Waals surface area contributed by atoms with E-state index in [-0.39, 0.29) is 0 Å². The fourth-order valence-corrected chi connectivity index (χ4v) is 1.31. The van der Waals surface area contributed by atoms with E-state index in [1.807, 2.05) is 0 Å². The fourth-order valence-electron chi connectivity index (χ4n) is 1.31. The first-order valence-corrected chi connectivity index (χ1v) is 5.45. The Morgan fingerprint density at radius 1 is 0.500 bits per heavy atom. The Labute approximate surface area is 87.7 Å². The molecular weight excluding hydrogens is 168 g/mol. The van der Waals surface area contributed by atoms with E-state index >= 15 is 0 Å². The molecule has 1 rings (SSSR count). The third kappa shape index (κ3) is 6.47. The van der Waals surface area contributed by atoms with Crippen molar-refractivity contribution in [2.75, 3.05) is 0 Å². The monoisotopic (exact) mass is 187 g/mol. The van der Waals surface area contributed by atoms with Gasteiger partial charge in [0.2, 0.25) is 0 Å². The van der Waals surface area contributed by atoms with Crippen LogP contribution < -0.4 is 0 Å². The van der Waals surface area contributed by atoms with Crippen molar-refractivity contribution in [3.8, 4) is 0 Å². The second kappa shape index (κ2) is 8.55. The van der Waals surface area contributed by atoms with E-state index in [9.17, 15) is 0 Å². The topological polar surface area (TPSA) is 0 Å². The van der Waals surface area contributed by atoms with Crippen molar-refractivity contribution in [3.05, 3.63) is 55.0 Å². The predicted molar refractivity (Wildman–Crippen MR) is 63.9 cm³/mol. The van der Waals surface area contributed by atoms with Crippen LogP contribution in [0.3, 0.4) is 0 Å². The summed E-state index contributed by atoms with van der Waals surface area (Å²) in [7, 11) is 0. The van der Waals surface area contributed by atoms with Gasteiger partial charge in [-0.25, -0.2) is 0 Å². The van der Waals surface area contributed by atoms with Crippen molar-refractivity contribution in [2.45, 2.75) is 32.1 Å². The zero-order valence-corrected chi connectivity index (χ0v) is 8.73. The number of allylic oxidation sites excluding steroid dienone is 8. The molecule has 0 nitrogen and oxygen atoms in total. The van der Waals surface area contributed by atoms with Crippen LogP contribution in [0, 0.1) is 6.42 Å². The molecule has 0 aromatic carbocycles. The lowest BCUT2D eigenvalue weighted by molar-refractivity contribution is 0.995. The maximum Gasteiger partial charge on any atom is -0.0164 e. The summed E-state index contributed by atoms with van der Waals surface area (Å²) in [6.07, 6.45) is 25.5. The van der Waals surface area contributed by atoms with E-state index in [1.165, 1.54) is 0 Å². The first-order chi connectivity index (χ1) is 7.00. The molecule has 0 heterocycles. The molecule has 14 heavy (non-hydrogen) atoms. The first kappa shape index (κ1) is 11.0. The summed E-state index contributed by atoms with van der Waals surface area (Å²) in [5.41, 5.74) is 0. The second-order valence-electron chi connectivity index (χ2n) is 3.38. The van der Waals surface area contributed by atoms with E-state index in [2.05, 4.69) is 55.0 Å². The van der Waals surface area contributed by atoms with Crippen LogP contribution in [0.5, 0.6) is 0 Å². The highest BCUT2D eigenvalue weighted by Gasteiger charge is 1.81. The third-order valence-corrected chi connectivity index (χ3v) is 2.10. The summed E-state index contributed by atoms with van der Waals surface area (Å²) >= 11 is 0. The van der Waals surface area contributed by atoms with Gasteiger partial charge in [-0.1, -0.05) is 48.6 Å². The highest BCUT2D eigenvalue weighted by molar-refractivity contribution is 5.08. The lowest BCUT2D eigenvalue weighted by atomic mass is 10.2. The minimum absolute atomic E-state index is 1.08. The van der Waals surface area contributed by atoms with E-state index in [0.717, 1.165) is 32.1 Å². The average Bonchev–Trinajstić information content (AvgIpc) is 2.22. The SMILES string of the molecule is [CH]1/C=C/C=C/CC/C=C/C/C=C/CC1. The molecule has 0 N–H and O–H groups in total. The summed E-state index contributed by atoms with van der Waals surface area (Å²) in [6, 6.07) is 0. The Kier molecular flexibility index (Phi) is 6.74. The zero-order chi connectivity index (χ0) is 9.90. The normalized spacial score (nSPS) is 28.6. The maximum absolute atomic E-state index is 2.26. The largest absolute Gasteiger partial charge is 0.0882 e. The molecule has 0 saturated carbocycles. The summed E-state index contributed by atoms with van der Waals surface area (Å²) < 4.78 is 0. The second-order valence-corrected chi connectivity index (χ2v) is 3.38. The van der Waals surface area contributed by atoms with Crippen LogP contribution in [-0.4, -0.2) is 0 Å². The average molecular weight is 187 g/mol. The predicted octanol–water partition coefficient (Wildman–Crippen LogP) is 4.38.